The fourth-order valence-corrected chi connectivity index (χ4v) is 5.40. The van der Waals surface area contributed by atoms with Gasteiger partial charge in [-0.2, -0.15) is 0 Å². The number of nitrogens with zero attached hydrogens (tertiary/aromatic N) is 2. The van der Waals surface area contributed by atoms with Crippen molar-refractivity contribution in [2.45, 2.75) is 50.7 Å². The van der Waals surface area contributed by atoms with E-state index in [2.05, 4.69) is 5.32 Å². The molecular weight excluding hydrogens is 538 g/mol. The SMILES string of the molecule is CCC(C)NC(=O)C(C)N(Cc1ccc(Cl)cc1)C(=O)CN(c1cccc(OC)c1)S(=O)(=O)c1ccccc1. The highest BCUT2D eigenvalue weighted by molar-refractivity contribution is 7.92. The van der Waals surface area contributed by atoms with E-state index in [4.69, 9.17) is 16.3 Å². The molecule has 0 aliphatic carbocycles. The van der Waals surface area contributed by atoms with Crippen LogP contribution in [0.25, 0.3) is 0 Å². The summed E-state index contributed by atoms with van der Waals surface area (Å²) < 4.78 is 33.9. The molecule has 208 valence electrons. The molecule has 0 fully saturated rings. The number of methoxy groups -OCH3 is 1. The van der Waals surface area contributed by atoms with E-state index in [1.165, 1.54) is 24.1 Å². The Morgan fingerprint density at radius 2 is 1.64 bits per heavy atom. The van der Waals surface area contributed by atoms with E-state index in [-0.39, 0.29) is 29.1 Å². The van der Waals surface area contributed by atoms with Gasteiger partial charge in [-0.05, 0) is 62.2 Å². The predicted octanol–water partition coefficient (Wildman–Crippen LogP) is 4.88. The summed E-state index contributed by atoms with van der Waals surface area (Å²) in [6.07, 6.45) is 0.725. The Kier molecular flexibility index (Phi) is 10.4. The molecule has 0 spiro atoms. The van der Waals surface area contributed by atoms with Crippen LogP contribution in [0.2, 0.25) is 5.02 Å². The normalized spacial score (nSPS) is 12.7. The van der Waals surface area contributed by atoms with Crippen molar-refractivity contribution in [3.8, 4) is 5.75 Å². The summed E-state index contributed by atoms with van der Waals surface area (Å²) in [4.78, 5) is 28.4. The number of nitrogens with one attached hydrogen (secondary N) is 1. The lowest BCUT2D eigenvalue weighted by Gasteiger charge is -2.32. The van der Waals surface area contributed by atoms with Gasteiger partial charge in [0, 0.05) is 23.7 Å². The topological polar surface area (TPSA) is 96.0 Å². The second-order valence-corrected chi connectivity index (χ2v) is 11.5. The Hall–Kier alpha value is -3.56. The summed E-state index contributed by atoms with van der Waals surface area (Å²) >= 11 is 6.04. The van der Waals surface area contributed by atoms with Crippen LogP contribution in [0.15, 0.2) is 83.8 Å². The fourth-order valence-electron chi connectivity index (χ4n) is 3.85. The van der Waals surface area contributed by atoms with Crippen LogP contribution in [-0.2, 0) is 26.2 Å². The average molecular weight is 572 g/mol. The number of amides is 2. The molecular formula is C29H34ClN3O5S. The third-order valence-corrected chi connectivity index (χ3v) is 8.43. The van der Waals surface area contributed by atoms with Gasteiger partial charge in [0.25, 0.3) is 10.0 Å². The molecule has 2 amide bonds. The van der Waals surface area contributed by atoms with Crippen LogP contribution in [0.3, 0.4) is 0 Å². The number of anilines is 1. The number of halogens is 1. The molecule has 0 aromatic heterocycles. The molecule has 0 bridgehead atoms. The van der Waals surface area contributed by atoms with Gasteiger partial charge in [-0.15, -0.1) is 0 Å². The third-order valence-electron chi connectivity index (χ3n) is 6.39. The van der Waals surface area contributed by atoms with Crippen LogP contribution < -0.4 is 14.4 Å². The summed E-state index contributed by atoms with van der Waals surface area (Å²) in [7, 11) is -2.66. The van der Waals surface area contributed by atoms with Crippen molar-refractivity contribution in [3.05, 3.63) is 89.4 Å². The summed E-state index contributed by atoms with van der Waals surface area (Å²) in [6.45, 7) is 5.02. The maximum Gasteiger partial charge on any atom is 0.264 e. The number of rotatable bonds is 12. The van der Waals surface area contributed by atoms with E-state index < -0.39 is 28.5 Å². The highest BCUT2D eigenvalue weighted by atomic mass is 35.5. The third kappa shape index (κ3) is 7.74. The molecule has 0 saturated carbocycles. The number of hydrogen-bond donors (Lipinski definition) is 1. The van der Waals surface area contributed by atoms with E-state index in [1.54, 1.807) is 73.7 Å². The molecule has 0 aliphatic rings. The van der Waals surface area contributed by atoms with Crippen molar-refractivity contribution >= 4 is 39.1 Å². The lowest BCUT2D eigenvalue weighted by atomic mass is 10.1. The van der Waals surface area contributed by atoms with Crippen LogP contribution in [0, 0.1) is 0 Å². The van der Waals surface area contributed by atoms with Gasteiger partial charge in [-0.25, -0.2) is 8.42 Å². The fraction of sp³-hybridized carbons (Fsp3) is 0.310. The minimum absolute atomic E-state index is 0.0347. The van der Waals surface area contributed by atoms with Crippen LogP contribution in [0.5, 0.6) is 5.75 Å². The standard InChI is InChI=1S/C29H34ClN3O5S/c1-5-21(2)31-29(35)22(3)32(19-23-14-16-24(30)17-15-23)28(34)20-33(25-10-9-11-26(18-25)38-4)39(36,37)27-12-7-6-8-13-27/h6-18,21-22H,5,19-20H2,1-4H3,(H,31,35). The van der Waals surface area contributed by atoms with Crippen molar-refractivity contribution in [1.29, 1.82) is 0 Å². The summed E-state index contributed by atoms with van der Waals surface area (Å²) in [6, 6.07) is 20.4. The van der Waals surface area contributed by atoms with Gasteiger partial charge in [0.1, 0.15) is 18.3 Å². The molecule has 8 nitrogen and oxygen atoms in total. The summed E-state index contributed by atoms with van der Waals surface area (Å²) in [5, 5.41) is 3.45. The van der Waals surface area contributed by atoms with E-state index >= 15 is 0 Å². The van der Waals surface area contributed by atoms with Crippen LogP contribution in [-0.4, -0.2) is 50.9 Å². The first-order valence-electron chi connectivity index (χ1n) is 12.6. The van der Waals surface area contributed by atoms with E-state index in [9.17, 15) is 18.0 Å². The summed E-state index contributed by atoms with van der Waals surface area (Å²) in [5.74, 6) is -0.433. The largest absolute Gasteiger partial charge is 0.497 e. The number of ether oxygens (including phenoxy) is 1. The Labute approximate surface area is 235 Å². The number of benzene rings is 3. The Morgan fingerprint density at radius 3 is 2.26 bits per heavy atom. The van der Waals surface area contributed by atoms with Gasteiger partial charge < -0.3 is 15.0 Å². The van der Waals surface area contributed by atoms with E-state index in [0.29, 0.717) is 10.8 Å². The maximum atomic E-state index is 13.9. The predicted molar refractivity (Wildman–Crippen MR) is 153 cm³/mol. The molecule has 3 rings (SSSR count). The molecule has 39 heavy (non-hydrogen) atoms. The first kappa shape index (κ1) is 30.0. The molecule has 0 saturated heterocycles. The van der Waals surface area contributed by atoms with Gasteiger partial charge in [0.15, 0.2) is 0 Å². The van der Waals surface area contributed by atoms with Crippen LogP contribution >= 0.6 is 11.6 Å². The van der Waals surface area contributed by atoms with Gasteiger partial charge in [0.05, 0.1) is 17.7 Å². The molecule has 10 heteroatoms. The molecule has 0 aliphatic heterocycles. The smallest absolute Gasteiger partial charge is 0.264 e. The Morgan fingerprint density at radius 1 is 0.974 bits per heavy atom. The second kappa shape index (κ2) is 13.5. The number of carbonyl (C=O) groups excluding carboxylic acids is 2. The zero-order valence-electron chi connectivity index (χ0n) is 22.5. The Bertz CT molecular complexity index is 1370. The first-order valence-corrected chi connectivity index (χ1v) is 14.4. The highest BCUT2D eigenvalue weighted by Crippen LogP contribution is 2.27. The second-order valence-electron chi connectivity index (χ2n) is 9.17. The number of sulfonamides is 1. The maximum absolute atomic E-state index is 13.9. The van der Waals surface area contributed by atoms with Crippen molar-refractivity contribution in [2.24, 2.45) is 0 Å². The van der Waals surface area contributed by atoms with Crippen LogP contribution in [0.1, 0.15) is 32.8 Å². The monoisotopic (exact) mass is 571 g/mol. The lowest BCUT2D eigenvalue weighted by Crippen LogP contribution is -2.52. The van der Waals surface area contributed by atoms with Crippen molar-refractivity contribution in [2.75, 3.05) is 18.0 Å². The molecule has 2 atom stereocenters. The molecule has 3 aromatic rings. The summed E-state index contributed by atoms with van der Waals surface area (Å²) in [5.41, 5.74) is 1.00. The zero-order chi connectivity index (χ0) is 28.6. The minimum atomic E-state index is -4.14. The average Bonchev–Trinajstić information content (AvgIpc) is 2.95. The lowest BCUT2D eigenvalue weighted by molar-refractivity contribution is -0.139. The molecule has 0 radical (unpaired) electrons. The minimum Gasteiger partial charge on any atom is -0.497 e. The zero-order valence-corrected chi connectivity index (χ0v) is 24.1. The Balaban J connectivity index is 2.02. The molecule has 2 unspecified atom stereocenters. The molecule has 0 heterocycles. The van der Waals surface area contributed by atoms with Gasteiger partial charge >= 0.3 is 0 Å². The van der Waals surface area contributed by atoms with Gasteiger partial charge in [-0.3, -0.25) is 13.9 Å². The molecule has 3 aromatic carbocycles. The highest BCUT2D eigenvalue weighted by Gasteiger charge is 2.32. The van der Waals surface area contributed by atoms with Crippen molar-refractivity contribution < 1.29 is 22.7 Å². The quantitative estimate of drug-likeness (QED) is 0.334. The first-order chi connectivity index (χ1) is 18.6. The van der Waals surface area contributed by atoms with Crippen LogP contribution in [0.4, 0.5) is 5.69 Å². The number of hydrogen-bond acceptors (Lipinski definition) is 5. The van der Waals surface area contributed by atoms with Crippen molar-refractivity contribution in [3.63, 3.8) is 0 Å². The van der Waals surface area contributed by atoms with E-state index in [1.807, 2.05) is 13.8 Å². The van der Waals surface area contributed by atoms with Crippen molar-refractivity contribution in [1.82, 2.24) is 10.2 Å². The van der Waals surface area contributed by atoms with Gasteiger partial charge in [-0.1, -0.05) is 54.9 Å². The van der Waals surface area contributed by atoms with E-state index in [0.717, 1.165) is 16.3 Å². The van der Waals surface area contributed by atoms with Gasteiger partial charge in [0.2, 0.25) is 11.8 Å². The number of carbonyl (C=O) groups is 2. The molecule has 1 N–H and O–H groups in total.